The fraction of sp³-hybridized carbons (Fsp3) is 0.391. The number of rotatable bonds is 5. The van der Waals surface area contributed by atoms with Crippen molar-refractivity contribution in [1.29, 1.82) is 0 Å². The van der Waals surface area contributed by atoms with Crippen molar-refractivity contribution in [1.82, 2.24) is 18.8 Å². The van der Waals surface area contributed by atoms with Gasteiger partial charge in [-0.1, -0.05) is 17.7 Å². The Morgan fingerprint density at radius 1 is 1.21 bits per heavy atom. The van der Waals surface area contributed by atoms with Crippen molar-refractivity contribution in [3.05, 3.63) is 66.3 Å². The molecular formula is C23H24ClN5O4S. The lowest BCUT2D eigenvalue weighted by Crippen LogP contribution is -2.42. The monoisotopic (exact) mass is 501 g/mol. The lowest BCUT2D eigenvalue weighted by atomic mass is 9.96. The first-order valence-electron chi connectivity index (χ1n) is 11.3. The van der Waals surface area contributed by atoms with Gasteiger partial charge in [0.25, 0.3) is 11.5 Å². The Labute approximate surface area is 204 Å². The SMILES string of the molecule is O=C(c1snc(Cl)c1O)N1CCC(Cn2c(=O)cc(Nc3ccc4c(c3)CCC4)[nH]c2=O)CC1. The second kappa shape index (κ2) is 9.27. The molecule has 0 radical (unpaired) electrons. The number of fused-ring (bicyclic) bond motifs is 1. The zero-order valence-corrected chi connectivity index (χ0v) is 19.9. The van der Waals surface area contributed by atoms with Crippen LogP contribution < -0.4 is 16.6 Å². The Bertz CT molecular complexity index is 1320. The van der Waals surface area contributed by atoms with Gasteiger partial charge in [-0.05, 0) is 72.8 Å². The number of hydrogen-bond acceptors (Lipinski definition) is 7. The highest BCUT2D eigenvalue weighted by Crippen LogP contribution is 2.32. The highest BCUT2D eigenvalue weighted by molar-refractivity contribution is 7.08. The molecule has 3 heterocycles. The molecule has 3 aromatic rings. The van der Waals surface area contributed by atoms with Gasteiger partial charge in [-0.3, -0.25) is 19.1 Å². The van der Waals surface area contributed by atoms with E-state index in [0.717, 1.165) is 36.5 Å². The normalized spacial score (nSPS) is 16.0. The number of piperidine rings is 1. The fourth-order valence-corrected chi connectivity index (χ4v) is 5.59. The molecule has 1 aliphatic carbocycles. The van der Waals surface area contributed by atoms with Gasteiger partial charge in [-0.15, -0.1) is 0 Å². The van der Waals surface area contributed by atoms with Crippen LogP contribution in [0, 0.1) is 5.92 Å². The number of amides is 1. The van der Waals surface area contributed by atoms with Gasteiger partial charge in [0.15, 0.2) is 15.8 Å². The van der Waals surface area contributed by atoms with Crippen molar-refractivity contribution in [2.75, 3.05) is 18.4 Å². The summed E-state index contributed by atoms with van der Waals surface area (Å²) in [6, 6.07) is 7.53. The van der Waals surface area contributed by atoms with E-state index >= 15 is 0 Å². The van der Waals surface area contributed by atoms with Crippen molar-refractivity contribution in [2.45, 2.75) is 38.6 Å². The molecular weight excluding hydrogens is 478 g/mol. The van der Waals surface area contributed by atoms with Gasteiger partial charge < -0.3 is 15.3 Å². The molecule has 11 heteroatoms. The van der Waals surface area contributed by atoms with Crippen LogP contribution in [0.15, 0.2) is 33.9 Å². The van der Waals surface area contributed by atoms with Crippen molar-refractivity contribution in [3.8, 4) is 5.75 Å². The van der Waals surface area contributed by atoms with Crippen LogP contribution in [-0.2, 0) is 19.4 Å². The van der Waals surface area contributed by atoms with E-state index in [0.29, 0.717) is 31.7 Å². The molecule has 0 unspecified atom stereocenters. The standard InChI is InChI=1S/C23H24ClN5O4S/c24-21-19(31)20(34-27-21)22(32)28-8-6-13(7-9-28)12-29-18(30)11-17(26-23(29)33)25-16-5-4-14-2-1-3-15(14)10-16/h4-5,10-11,13,25,31H,1-3,6-9,12H2,(H,26,33). The number of aryl methyl sites for hydroxylation is 2. The molecule has 5 rings (SSSR count). The van der Waals surface area contributed by atoms with E-state index in [9.17, 15) is 19.5 Å². The van der Waals surface area contributed by atoms with Gasteiger partial charge in [0.1, 0.15) is 5.82 Å². The van der Waals surface area contributed by atoms with Gasteiger partial charge in [0.2, 0.25) is 0 Å². The quantitative estimate of drug-likeness (QED) is 0.494. The van der Waals surface area contributed by atoms with E-state index in [1.807, 2.05) is 6.07 Å². The Kier molecular flexibility index (Phi) is 6.18. The molecule has 0 atom stereocenters. The number of H-pyrrole nitrogens is 1. The van der Waals surface area contributed by atoms with E-state index in [1.165, 1.54) is 21.8 Å². The van der Waals surface area contributed by atoms with Crippen molar-refractivity contribution in [2.24, 2.45) is 5.92 Å². The van der Waals surface area contributed by atoms with E-state index in [-0.39, 0.29) is 39.7 Å². The second-order valence-corrected chi connectivity index (χ2v) is 9.92. The number of anilines is 2. The molecule has 9 nitrogen and oxygen atoms in total. The van der Waals surface area contributed by atoms with Crippen LogP contribution in [0.1, 0.15) is 40.1 Å². The number of halogens is 1. The average molecular weight is 502 g/mol. The van der Waals surface area contributed by atoms with Gasteiger partial charge in [-0.25, -0.2) is 4.79 Å². The zero-order valence-electron chi connectivity index (χ0n) is 18.3. The van der Waals surface area contributed by atoms with E-state index in [2.05, 4.69) is 26.8 Å². The van der Waals surface area contributed by atoms with Crippen LogP contribution in [0.4, 0.5) is 11.5 Å². The van der Waals surface area contributed by atoms with E-state index in [4.69, 9.17) is 11.6 Å². The number of aromatic hydroxyl groups is 1. The topological polar surface area (TPSA) is 120 Å². The number of likely N-dealkylation sites (tertiary alicyclic amines) is 1. The van der Waals surface area contributed by atoms with Crippen LogP contribution in [-0.4, -0.2) is 42.9 Å². The summed E-state index contributed by atoms with van der Waals surface area (Å²) >= 11 is 6.62. The first kappa shape index (κ1) is 22.7. The maximum absolute atomic E-state index is 12.7. The summed E-state index contributed by atoms with van der Waals surface area (Å²) in [5.74, 6) is -0.146. The zero-order chi connectivity index (χ0) is 23.8. The molecule has 2 aliphatic rings. The largest absolute Gasteiger partial charge is 0.504 e. The van der Waals surface area contributed by atoms with Gasteiger partial charge in [-0.2, -0.15) is 4.37 Å². The number of hydrogen-bond donors (Lipinski definition) is 3. The molecule has 0 bridgehead atoms. The van der Waals surface area contributed by atoms with E-state index in [1.54, 1.807) is 4.90 Å². The van der Waals surface area contributed by atoms with Gasteiger partial charge in [0.05, 0.1) is 0 Å². The Balaban J connectivity index is 1.22. The smallest absolute Gasteiger partial charge is 0.329 e. The van der Waals surface area contributed by atoms with Crippen molar-refractivity contribution >= 4 is 40.5 Å². The molecule has 1 aliphatic heterocycles. The summed E-state index contributed by atoms with van der Waals surface area (Å²) in [5, 5.41) is 13.0. The molecule has 2 aromatic heterocycles. The van der Waals surface area contributed by atoms with E-state index < -0.39 is 5.69 Å². The summed E-state index contributed by atoms with van der Waals surface area (Å²) in [5.41, 5.74) is 2.68. The van der Waals surface area contributed by atoms with Crippen molar-refractivity contribution < 1.29 is 9.90 Å². The maximum atomic E-state index is 12.7. The van der Waals surface area contributed by atoms with Gasteiger partial charge in [0, 0.05) is 31.4 Å². The van der Waals surface area contributed by atoms with Crippen LogP contribution in [0.25, 0.3) is 0 Å². The Hall–Kier alpha value is -3.11. The third kappa shape index (κ3) is 4.47. The third-order valence-corrected chi connectivity index (χ3v) is 7.75. The number of nitrogens with one attached hydrogen (secondary N) is 2. The lowest BCUT2D eigenvalue weighted by Gasteiger charge is -2.31. The predicted molar refractivity (Wildman–Crippen MR) is 130 cm³/mol. The van der Waals surface area contributed by atoms with Crippen molar-refractivity contribution in [3.63, 3.8) is 0 Å². The Morgan fingerprint density at radius 3 is 2.68 bits per heavy atom. The fourth-order valence-electron chi connectivity index (χ4n) is 4.69. The molecule has 1 amide bonds. The molecule has 1 saturated heterocycles. The highest BCUT2D eigenvalue weighted by atomic mass is 35.5. The van der Waals surface area contributed by atoms with Crippen LogP contribution in [0.2, 0.25) is 5.15 Å². The summed E-state index contributed by atoms with van der Waals surface area (Å²) in [7, 11) is 0. The molecule has 1 aromatic carbocycles. The first-order chi connectivity index (χ1) is 16.4. The summed E-state index contributed by atoms with van der Waals surface area (Å²) < 4.78 is 5.01. The highest BCUT2D eigenvalue weighted by Gasteiger charge is 2.28. The van der Waals surface area contributed by atoms with Gasteiger partial charge >= 0.3 is 5.69 Å². The van der Waals surface area contributed by atoms with Crippen LogP contribution in [0.5, 0.6) is 5.75 Å². The number of nitrogens with zero attached hydrogens (tertiary/aromatic N) is 3. The second-order valence-electron chi connectivity index (χ2n) is 8.79. The van der Waals surface area contributed by atoms with Crippen LogP contribution >= 0.6 is 23.1 Å². The number of carbonyl (C=O) groups is 1. The minimum absolute atomic E-state index is 0.0732. The summed E-state index contributed by atoms with van der Waals surface area (Å²) in [6.45, 7) is 1.21. The molecule has 34 heavy (non-hydrogen) atoms. The average Bonchev–Trinajstić information content (AvgIpc) is 3.42. The number of aromatic amines is 1. The minimum Gasteiger partial charge on any atom is -0.504 e. The first-order valence-corrected chi connectivity index (χ1v) is 12.4. The molecule has 178 valence electrons. The summed E-state index contributed by atoms with van der Waals surface area (Å²) in [4.78, 5) is 42.5. The third-order valence-electron chi connectivity index (χ3n) is 6.56. The predicted octanol–water partition coefficient (Wildman–Crippen LogP) is 3.14. The number of aromatic nitrogens is 3. The number of carbonyl (C=O) groups excluding carboxylic acids is 1. The molecule has 0 spiro atoms. The summed E-state index contributed by atoms with van der Waals surface area (Å²) in [6.07, 6.45) is 4.57. The lowest BCUT2D eigenvalue weighted by molar-refractivity contribution is 0.0684. The molecule has 0 saturated carbocycles. The molecule has 1 fully saturated rings. The maximum Gasteiger partial charge on any atom is 0.329 e. The number of benzene rings is 1. The molecule has 3 N–H and O–H groups in total. The minimum atomic E-state index is -0.459. The van der Waals surface area contributed by atoms with Crippen LogP contribution in [0.3, 0.4) is 0 Å². The Morgan fingerprint density at radius 2 is 1.97 bits per heavy atom.